The van der Waals surface area contributed by atoms with E-state index in [0.717, 1.165) is 56.6 Å². The molecule has 30 heavy (non-hydrogen) atoms. The number of aromatic nitrogens is 1. The smallest absolute Gasteiger partial charge is 0.253 e. The Morgan fingerprint density at radius 2 is 1.73 bits per heavy atom. The Hall–Kier alpha value is -2.79. The molecule has 1 saturated heterocycles. The molecule has 0 bridgehead atoms. The molecule has 2 aromatic carbocycles. The maximum Gasteiger partial charge on any atom is 0.253 e. The van der Waals surface area contributed by atoms with Gasteiger partial charge in [-0.3, -0.25) is 9.69 Å². The second kappa shape index (κ2) is 8.52. The molecule has 0 spiro atoms. The van der Waals surface area contributed by atoms with Gasteiger partial charge in [-0.1, -0.05) is 30.3 Å². The molecule has 1 aromatic heterocycles. The highest BCUT2D eigenvalue weighted by molar-refractivity contribution is 6.06. The molecule has 1 fully saturated rings. The first-order valence-electron chi connectivity index (χ1n) is 11.2. The molecule has 2 heterocycles. The first-order valence-corrected chi connectivity index (χ1v) is 11.2. The Balaban J connectivity index is 1.16. The zero-order chi connectivity index (χ0) is 20.3. The third kappa shape index (κ3) is 3.82. The van der Waals surface area contributed by atoms with Crippen molar-refractivity contribution in [3.8, 4) is 0 Å². The quantitative estimate of drug-likeness (QED) is 0.686. The summed E-state index contributed by atoms with van der Waals surface area (Å²) in [4.78, 5) is 21.3. The number of carbonyl (C=O) groups excluding carboxylic acids is 1. The molecule has 0 unspecified atom stereocenters. The largest absolute Gasteiger partial charge is 0.369 e. The van der Waals surface area contributed by atoms with Gasteiger partial charge >= 0.3 is 0 Å². The van der Waals surface area contributed by atoms with E-state index in [1.165, 1.54) is 35.2 Å². The third-order valence-corrected chi connectivity index (χ3v) is 6.59. The van der Waals surface area contributed by atoms with Crippen LogP contribution in [0.3, 0.4) is 0 Å². The van der Waals surface area contributed by atoms with E-state index in [1.54, 1.807) is 0 Å². The number of piperazine rings is 1. The van der Waals surface area contributed by atoms with Crippen molar-refractivity contribution in [2.24, 2.45) is 0 Å². The van der Waals surface area contributed by atoms with Crippen molar-refractivity contribution in [1.29, 1.82) is 0 Å². The lowest BCUT2D eigenvalue weighted by molar-refractivity contribution is 0.0949. The summed E-state index contributed by atoms with van der Waals surface area (Å²) in [5, 5.41) is 4.38. The summed E-state index contributed by atoms with van der Waals surface area (Å²) in [5.41, 5.74) is 5.83. The molecule has 2 aliphatic rings. The number of anilines is 1. The molecule has 1 amide bonds. The molecule has 5 rings (SSSR count). The van der Waals surface area contributed by atoms with E-state index >= 15 is 0 Å². The fourth-order valence-corrected chi connectivity index (χ4v) is 4.91. The highest BCUT2D eigenvalue weighted by atomic mass is 16.1. The molecule has 156 valence electrons. The van der Waals surface area contributed by atoms with Crippen LogP contribution in [0.4, 0.5) is 5.69 Å². The predicted molar refractivity (Wildman–Crippen MR) is 122 cm³/mol. The number of aromatic amines is 1. The summed E-state index contributed by atoms with van der Waals surface area (Å²) in [6.07, 6.45) is 4.70. The van der Waals surface area contributed by atoms with Gasteiger partial charge in [0.15, 0.2) is 0 Å². The van der Waals surface area contributed by atoms with E-state index in [0.29, 0.717) is 6.54 Å². The van der Waals surface area contributed by atoms with Crippen LogP contribution in [0, 0.1) is 0 Å². The van der Waals surface area contributed by atoms with Crippen molar-refractivity contribution in [2.75, 3.05) is 44.2 Å². The summed E-state index contributed by atoms with van der Waals surface area (Å²) >= 11 is 0. The fraction of sp³-hybridized carbons (Fsp3) is 0.400. The number of benzene rings is 2. The van der Waals surface area contributed by atoms with Gasteiger partial charge in [0.05, 0.1) is 11.1 Å². The summed E-state index contributed by atoms with van der Waals surface area (Å²) in [7, 11) is 0. The molecule has 5 nitrogen and oxygen atoms in total. The van der Waals surface area contributed by atoms with Crippen molar-refractivity contribution in [2.45, 2.75) is 25.7 Å². The van der Waals surface area contributed by atoms with Gasteiger partial charge in [0.2, 0.25) is 0 Å². The van der Waals surface area contributed by atoms with E-state index < -0.39 is 0 Å². The molecule has 1 aliphatic carbocycles. The second-order valence-corrected chi connectivity index (χ2v) is 8.44. The van der Waals surface area contributed by atoms with Gasteiger partial charge in [0.25, 0.3) is 5.91 Å². The first kappa shape index (κ1) is 19.2. The SMILES string of the molecule is O=C(NCCN1CCN(c2ccccc2)CC1)c1cccc2c3c([nH]c12)CCCC3. The molecular weight excluding hydrogens is 372 g/mol. The molecule has 0 atom stereocenters. The molecule has 1 aliphatic heterocycles. The van der Waals surface area contributed by atoms with Crippen LogP contribution in [0.1, 0.15) is 34.5 Å². The minimum absolute atomic E-state index is 0.0297. The number of H-pyrrole nitrogens is 1. The van der Waals surface area contributed by atoms with E-state index in [9.17, 15) is 4.79 Å². The minimum atomic E-state index is 0.0297. The summed E-state index contributed by atoms with van der Waals surface area (Å²) in [6.45, 7) is 5.70. The normalized spacial score (nSPS) is 17.1. The lowest BCUT2D eigenvalue weighted by Crippen LogP contribution is -2.48. The molecule has 2 N–H and O–H groups in total. The highest BCUT2D eigenvalue weighted by Crippen LogP contribution is 2.30. The van der Waals surface area contributed by atoms with Crippen molar-refractivity contribution in [3.05, 3.63) is 65.4 Å². The van der Waals surface area contributed by atoms with Gasteiger partial charge in [-0.15, -0.1) is 0 Å². The lowest BCUT2D eigenvalue weighted by Gasteiger charge is -2.36. The Morgan fingerprint density at radius 1 is 0.933 bits per heavy atom. The first-order chi connectivity index (χ1) is 14.8. The van der Waals surface area contributed by atoms with Crippen molar-refractivity contribution in [3.63, 3.8) is 0 Å². The van der Waals surface area contributed by atoms with Gasteiger partial charge in [0, 0.05) is 56.0 Å². The summed E-state index contributed by atoms with van der Waals surface area (Å²) in [6, 6.07) is 16.7. The summed E-state index contributed by atoms with van der Waals surface area (Å²) in [5.74, 6) is 0.0297. The minimum Gasteiger partial charge on any atom is -0.369 e. The molecule has 5 heteroatoms. The number of rotatable bonds is 5. The number of hydrogen-bond donors (Lipinski definition) is 2. The Morgan fingerprint density at radius 3 is 2.57 bits per heavy atom. The van der Waals surface area contributed by atoms with Crippen LogP contribution < -0.4 is 10.2 Å². The van der Waals surface area contributed by atoms with Crippen LogP contribution >= 0.6 is 0 Å². The van der Waals surface area contributed by atoms with Gasteiger partial charge in [-0.25, -0.2) is 0 Å². The maximum atomic E-state index is 12.9. The number of hydrogen-bond acceptors (Lipinski definition) is 3. The van der Waals surface area contributed by atoms with Crippen molar-refractivity contribution >= 4 is 22.5 Å². The zero-order valence-corrected chi connectivity index (χ0v) is 17.5. The zero-order valence-electron chi connectivity index (χ0n) is 17.5. The molecule has 3 aromatic rings. The number of carbonyl (C=O) groups is 1. The van der Waals surface area contributed by atoms with Gasteiger partial charge in [-0.05, 0) is 49.4 Å². The number of amides is 1. The van der Waals surface area contributed by atoms with Gasteiger partial charge < -0.3 is 15.2 Å². The molecule has 0 radical (unpaired) electrons. The van der Waals surface area contributed by atoms with Crippen molar-refractivity contribution < 1.29 is 4.79 Å². The monoisotopic (exact) mass is 402 g/mol. The van der Waals surface area contributed by atoms with Crippen LogP contribution in [0.15, 0.2) is 48.5 Å². The van der Waals surface area contributed by atoms with E-state index in [-0.39, 0.29) is 5.91 Å². The Bertz CT molecular complexity index is 1020. The summed E-state index contributed by atoms with van der Waals surface area (Å²) < 4.78 is 0. The highest BCUT2D eigenvalue weighted by Gasteiger charge is 2.20. The topological polar surface area (TPSA) is 51.4 Å². The number of fused-ring (bicyclic) bond motifs is 3. The molecular formula is C25H30N4O. The van der Waals surface area contributed by atoms with E-state index in [2.05, 4.69) is 56.5 Å². The molecule has 0 saturated carbocycles. The number of aryl methyl sites for hydroxylation is 2. The maximum absolute atomic E-state index is 12.9. The van der Waals surface area contributed by atoms with Crippen LogP contribution in [-0.2, 0) is 12.8 Å². The van der Waals surface area contributed by atoms with Crippen LogP contribution in [0.25, 0.3) is 10.9 Å². The Labute approximate surface area is 178 Å². The lowest BCUT2D eigenvalue weighted by atomic mass is 9.95. The number of nitrogens with one attached hydrogen (secondary N) is 2. The van der Waals surface area contributed by atoms with E-state index in [4.69, 9.17) is 0 Å². The van der Waals surface area contributed by atoms with Crippen LogP contribution in [-0.4, -0.2) is 55.1 Å². The van der Waals surface area contributed by atoms with E-state index in [1.807, 2.05) is 12.1 Å². The van der Waals surface area contributed by atoms with Gasteiger partial charge in [-0.2, -0.15) is 0 Å². The van der Waals surface area contributed by atoms with Crippen LogP contribution in [0.5, 0.6) is 0 Å². The predicted octanol–water partition coefficient (Wildman–Crippen LogP) is 3.60. The fourth-order valence-electron chi connectivity index (χ4n) is 4.91. The standard InChI is InChI=1S/C25H30N4O/c30-25(22-11-6-10-21-20-9-4-5-12-23(20)27-24(21)22)26-13-14-28-15-17-29(18-16-28)19-7-2-1-3-8-19/h1-3,6-8,10-11,27H,4-5,9,12-18H2,(H,26,30). The second-order valence-electron chi connectivity index (χ2n) is 8.44. The number of nitrogens with zero attached hydrogens (tertiary/aromatic N) is 2. The van der Waals surface area contributed by atoms with Crippen LogP contribution in [0.2, 0.25) is 0 Å². The van der Waals surface area contributed by atoms with Gasteiger partial charge in [0.1, 0.15) is 0 Å². The number of para-hydroxylation sites is 2. The Kier molecular flexibility index (Phi) is 5.45. The average Bonchev–Trinajstić information content (AvgIpc) is 3.19. The third-order valence-electron chi connectivity index (χ3n) is 6.59. The average molecular weight is 403 g/mol. The van der Waals surface area contributed by atoms with Crippen molar-refractivity contribution in [1.82, 2.24) is 15.2 Å².